The highest BCUT2D eigenvalue weighted by Crippen LogP contribution is 2.46. The van der Waals surface area contributed by atoms with Gasteiger partial charge in [-0.15, -0.1) is 0 Å². The quantitative estimate of drug-likeness (QED) is 0.544. The van der Waals surface area contributed by atoms with Gasteiger partial charge in [-0.1, -0.05) is 18.2 Å². The summed E-state index contributed by atoms with van der Waals surface area (Å²) in [4.78, 5) is 13.3. The summed E-state index contributed by atoms with van der Waals surface area (Å²) >= 11 is 0. The van der Waals surface area contributed by atoms with E-state index in [1.807, 2.05) is 42.5 Å². The minimum atomic E-state index is -0.979. The lowest BCUT2D eigenvalue weighted by molar-refractivity contribution is 0.413. The molecule has 1 aliphatic rings. The Morgan fingerprint density at radius 2 is 1.71 bits per heavy atom. The predicted octanol–water partition coefficient (Wildman–Crippen LogP) is 4.30. The number of fused-ring (bicyclic) bond motifs is 1. The number of aliphatic imine (C=N–C) groups is 1. The largest absolute Gasteiger partial charge is 0.495 e. The van der Waals surface area contributed by atoms with Gasteiger partial charge in [0.25, 0.3) is 0 Å². The highest BCUT2D eigenvalue weighted by molar-refractivity contribution is 6.03. The molecule has 0 spiro atoms. The van der Waals surface area contributed by atoms with E-state index in [1.165, 1.54) is 12.1 Å². The molecular weight excluding hydrogens is 391 g/mol. The topological polar surface area (TPSA) is 73.4 Å². The molecule has 2 N–H and O–H groups in total. The van der Waals surface area contributed by atoms with Gasteiger partial charge in [-0.3, -0.25) is 9.97 Å². The van der Waals surface area contributed by atoms with Gasteiger partial charge in [-0.2, -0.15) is 0 Å². The number of rotatable bonds is 4. The monoisotopic (exact) mass is 410 g/mol. The summed E-state index contributed by atoms with van der Waals surface area (Å²) in [5.74, 6) is 0.706. The SMILES string of the molecule is COc1cncc(-c2cccc(C3(c4ccncc4)N=C(N)c4ccc(F)cc43)c2)c1. The Morgan fingerprint density at radius 1 is 0.871 bits per heavy atom. The molecule has 1 atom stereocenters. The fourth-order valence-corrected chi connectivity index (χ4v) is 4.15. The lowest BCUT2D eigenvalue weighted by atomic mass is 9.77. The molecule has 1 unspecified atom stereocenters. The van der Waals surface area contributed by atoms with Crippen molar-refractivity contribution in [3.63, 3.8) is 0 Å². The predicted molar refractivity (Wildman–Crippen MR) is 117 cm³/mol. The average molecular weight is 410 g/mol. The van der Waals surface area contributed by atoms with Crippen molar-refractivity contribution < 1.29 is 9.13 Å². The van der Waals surface area contributed by atoms with Crippen molar-refractivity contribution >= 4 is 5.84 Å². The number of amidine groups is 1. The number of benzene rings is 2. The highest BCUT2D eigenvalue weighted by atomic mass is 19.1. The van der Waals surface area contributed by atoms with Gasteiger partial charge in [0, 0.05) is 35.3 Å². The Kier molecular flexibility index (Phi) is 4.47. The molecule has 4 aromatic rings. The maximum Gasteiger partial charge on any atom is 0.139 e. The number of aromatic nitrogens is 2. The van der Waals surface area contributed by atoms with Gasteiger partial charge in [0.15, 0.2) is 0 Å². The van der Waals surface area contributed by atoms with Crippen LogP contribution in [0.3, 0.4) is 0 Å². The molecule has 0 saturated carbocycles. The van der Waals surface area contributed by atoms with E-state index in [1.54, 1.807) is 38.0 Å². The second-order valence-electron chi connectivity index (χ2n) is 7.33. The van der Waals surface area contributed by atoms with Crippen LogP contribution in [0.4, 0.5) is 4.39 Å². The Bertz CT molecular complexity index is 1310. The fraction of sp³-hybridized carbons (Fsp3) is 0.0800. The number of hydrogen-bond acceptors (Lipinski definition) is 5. The molecule has 1 aliphatic heterocycles. The lowest BCUT2D eigenvalue weighted by Crippen LogP contribution is -2.25. The second-order valence-corrected chi connectivity index (χ2v) is 7.33. The zero-order valence-electron chi connectivity index (χ0n) is 16.8. The van der Waals surface area contributed by atoms with E-state index in [2.05, 4.69) is 9.97 Å². The Hall–Kier alpha value is -4.06. The van der Waals surface area contributed by atoms with Crippen LogP contribution in [-0.4, -0.2) is 22.9 Å². The van der Waals surface area contributed by atoms with Crippen molar-refractivity contribution in [3.05, 3.63) is 114 Å². The van der Waals surface area contributed by atoms with Crippen LogP contribution in [0.2, 0.25) is 0 Å². The van der Waals surface area contributed by atoms with Gasteiger partial charge in [-0.05, 0) is 59.2 Å². The number of nitrogens with zero attached hydrogens (tertiary/aromatic N) is 3. The molecule has 5 rings (SSSR count). The van der Waals surface area contributed by atoms with E-state index >= 15 is 0 Å². The number of ether oxygens (including phenoxy) is 1. The van der Waals surface area contributed by atoms with Gasteiger partial charge in [0.2, 0.25) is 0 Å². The first kappa shape index (κ1) is 18.9. The summed E-state index contributed by atoms with van der Waals surface area (Å²) in [6.07, 6.45) is 6.85. The zero-order chi connectivity index (χ0) is 21.4. The summed E-state index contributed by atoms with van der Waals surface area (Å²) in [6.45, 7) is 0. The Labute approximate surface area is 179 Å². The van der Waals surface area contributed by atoms with Crippen molar-refractivity contribution in [1.82, 2.24) is 9.97 Å². The van der Waals surface area contributed by atoms with Gasteiger partial charge in [0.05, 0.1) is 13.3 Å². The molecule has 31 heavy (non-hydrogen) atoms. The molecular formula is C25H19FN4O. The number of nitrogens with two attached hydrogens (primary N) is 1. The first-order chi connectivity index (χ1) is 15.1. The standard InChI is InChI=1S/C25H19FN4O/c1-31-21-12-17(14-29-15-21)16-3-2-4-19(11-16)25(18-7-9-28-10-8-18)23-13-20(26)5-6-22(23)24(27)30-25/h2-15H,1H3,(H2,27,30). The van der Waals surface area contributed by atoms with Gasteiger partial charge >= 0.3 is 0 Å². The molecule has 3 heterocycles. The molecule has 0 fully saturated rings. The van der Waals surface area contributed by atoms with E-state index in [0.717, 1.165) is 27.8 Å². The number of halogens is 1. The highest BCUT2D eigenvalue weighted by Gasteiger charge is 2.43. The van der Waals surface area contributed by atoms with Crippen LogP contribution in [0, 0.1) is 5.82 Å². The normalized spacial score (nSPS) is 17.2. The Morgan fingerprint density at radius 3 is 2.52 bits per heavy atom. The third kappa shape index (κ3) is 3.04. The summed E-state index contributed by atoms with van der Waals surface area (Å²) in [6, 6.07) is 18.3. The third-order valence-corrected chi connectivity index (χ3v) is 5.60. The molecule has 0 bridgehead atoms. The molecule has 2 aromatic heterocycles. The number of pyridine rings is 2. The molecule has 0 aliphatic carbocycles. The second kappa shape index (κ2) is 7.32. The molecule has 0 saturated heterocycles. The summed E-state index contributed by atoms with van der Waals surface area (Å²) in [5.41, 5.74) is 10.3. The molecule has 2 aromatic carbocycles. The van der Waals surface area contributed by atoms with Crippen molar-refractivity contribution in [2.45, 2.75) is 5.54 Å². The van der Waals surface area contributed by atoms with E-state index in [4.69, 9.17) is 15.5 Å². The smallest absolute Gasteiger partial charge is 0.139 e. The van der Waals surface area contributed by atoms with Gasteiger partial charge in [-0.25, -0.2) is 9.38 Å². The maximum absolute atomic E-state index is 14.4. The number of methoxy groups -OCH3 is 1. The molecule has 6 heteroatoms. The van der Waals surface area contributed by atoms with Crippen molar-refractivity contribution in [1.29, 1.82) is 0 Å². The van der Waals surface area contributed by atoms with Crippen LogP contribution in [0.5, 0.6) is 5.75 Å². The summed E-state index contributed by atoms with van der Waals surface area (Å²) < 4.78 is 19.7. The van der Waals surface area contributed by atoms with Crippen molar-refractivity contribution in [2.24, 2.45) is 10.7 Å². The van der Waals surface area contributed by atoms with E-state index < -0.39 is 5.54 Å². The van der Waals surface area contributed by atoms with Crippen LogP contribution < -0.4 is 10.5 Å². The van der Waals surface area contributed by atoms with E-state index in [0.29, 0.717) is 17.1 Å². The minimum absolute atomic E-state index is 0.338. The summed E-state index contributed by atoms with van der Waals surface area (Å²) in [7, 11) is 1.61. The number of hydrogen-bond donors (Lipinski definition) is 1. The molecule has 5 nitrogen and oxygen atoms in total. The maximum atomic E-state index is 14.4. The van der Waals surface area contributed by atoms with Crippen LogP contribution in [0.1, 0.15) is 22.3 Å². The summed E-state index contributed by atoms with van der Waals surface area (Å²) in [5, 5.41) is 0. The molecule has 0 radical (unpaired) electrons. The molecule has 152 valence electrons. The lowest BCUT2D eigenvalue weighted by Gasteiger charge is -2.29. The van der Waals surface area contributed by atoms with E-state index in [-0.39, 0.29) is 5.82 Å². The fourth-order valence-electron chi connectivity index (χ4n) is 4.15. The van der Waals surface area contributed by atoms with Crippen molar-refractivity contribution in [2.75, 3.05) is 7.11 Å². The van der Waals surface area contributed by atoms with E-state index in [9.17, 15) is 4.39 Å². The van der Waals surface area contributed by atoms with Crippen LogP contribution in [0.15, 0.2) is 90.4 Å². The van der Waals surface area contributed by atoms with Gasteiger partial charge in [0.1, 0.15) is 22.9 Å². The van der Waals surface area contributed by atoms with Crippen LogP contribution >= 0.6 is 0 Å². The zero-order valence-corrected chi connectivity index (χ0v) is 16.8. The first-order valence-electron chi connectivity index (χ1n) is 9.78. The average Bonchev–Trinajstić information content (AvgIpc) is 3.12. The third-order valence-electron chi connectivity index (χ3n) is 5.60. The molecule has 0 amide bonds. The van der Waals surface area contributed by atoms with Crippen LogP contribution in [0.25, 0.3) is 11.1 Å². The van der Waals surface area contributed by atoms with Crippen molar-refractivity contribution in [3.8, 4) is 16.9 Å². The first-order valence-corrected chi connectivity index (χ1v) is 9.78. The minimum Gasteiger partial charge on any atom is -0.495 e. The Balaban J connectivity index is 1.77. The van der Waals surface area contributed by atoms with Crippen LogP contribution in [-0.2, 0) is 5.54 Å². The van der Waals surface area contributed by atoms with Gasteiger partial charge < -0.3 is 10.5 Å².